The molecule has 0 radical (unpaired) electrons. The molecule has 1 saturated heterocycles. The van der Waals surface area contributed by atoms with Crippen LogP contribution in [0.4, 0.5) is 5.69 Å². The van der Waals surface area contributed by atoms with Gasteiger partial charge in [-0.15, -0.1) is 0 Å². The van der Waals surface area contributed by atoms with E-state index in [1.165, 1.54) is 4.90 Å². The van der Waals surface area contributed by atoms with Crippen molar-refractivity contribution < 1.29 is 18.3 Å². The maximum atomic E-state index is 11.8. The third-order valence-corrected chi connectivity index (χ3v) is 4.31. The van der Waals surface area contributed by atoms with Gasteiger partial charge in [-0.1, -0.05) is 12.1 Å². The van der Waals surface area contributed by atoms with Crippen molar-refractivity contribution in [1.29, 1.82) is 0 Å². The first kappa shape index (κ1) is 12.8. The number of aromatic hydroxyl groups is 1. The zero-order valence-electron chi connectivity index (χ0n) is 9.83. The van der Waals surface area contributed by atoms with Gasteiger partial charge in [0.2, 0.25) is 15.9 Å². The van der Waals surface area contributed by atoms with Gasteiger partial charge in [0.15, 0.2) is 0 Å². The van der Waals surface area contributed by atoms with Crippen LogP contribution in [0.25, 0.3) is 0 Å². The Morgan fingerprint density at radius 3 is 2.67 bits per heavy atom. The molecule has 1 aromatic carbocycles. The summed E-state index contributed by atoms with van der Waals surface area (Å²) in [6, 6.07) is 4.98. The second-order valence-corrected chi connectivity index (χ2v) is 6.21. The molecule has 0 spiro atoms. The number of carbonyl (C=O) groups excluding carboxylic acids is 1. The van der Waals surface area contributed by atoms with E-state index in [1.54, 1.807) is 25.1 Å². The first-order chi connectivity index (χ1) is 8.30. The topological polar surface area (TPSA) is 101 Å². The van der Waals surface area contributed by atoms with E-state index < -0.39 is 15.3 Å². The third-order valence-electron chi connectivity index (χ3n) is 3.06. The first-order valence-electron chi connectivity index (χ1n) is 5.41. The van der Waals surface area contributed by atoms with Crippen LogP contribution < -0.4 is 10.0 Å². The highest BCUT2D eigenvalue weighted by Gasteiger charge is 2.38. The minimum Gasteiger partial charge on any atom is -0.505 e. The minimum atomic E-state index is -3.74. The number of amides is 1. The maximum Gasteiger partial charge on any atom is 0.228 e. The number of rotatable bonds is 2. The third kappa shape index (κ3) is 2.19. The smallest absolute Gasteiger partial charge is 0.228 e. The number of phenols is 1. The molecule has 3 N–H and O–H groups in total. The molecule has 1 unspecified atom stereocenters. The summed E-state index contributed by atoms with van der Waals surface area (Å²) in [7, 11) is -3.74. The number of nitrogens with two attached hydrogens (primary N) is 1. The summed E-state index contributed by atoms with van der Waals surface area (Å²) in [5, 5.41) is 14.0. The van der Waals surface area contributed by atoms with E-state index in [1.807, 2.05) is 0 Å². The molecule has 1 aliphatic rings. The first-order valence-corrected chi connectivity index (χ1v) is 7.02. The second kappa shape index (κ2) is 4.25. The summed E-state index contributed by atoms with van der Waals surface area (Å²) in [5.41, 5.74) is 0.950. The summed E-state index contributed by atoms with van der Waals surface area (Å²) >= 11 is 0. The van der Waals surface area contributed by atoms with Crippen molar-refractivity contribution in [1.82, 2.24) is 0 Å². The molecular weight excluding hydrogens is 256 g/mol. The van der Waals surface area contributed by atoms with Crippen molar-refractivity contribution in [3.05, 3.63) is 23.8 Å². The van der Waals surface area contributed by atoms with Gasteiger partial charge in [0.1, 0.15) is 11.0 Å². The lowest BCUT2D eigenvalue weighted by molar-refractivity contribution is -0.117. The van der Waals surface area contributed by atoms with Crippen molar-refractivity contribution in [3.63, 3.8) is 0 Å². The van der Waals surface area contributed by atoms with Crippen LogP contribution in [0.3, 0.4) is 0 Å². The molecule has 1 amide bonds. The van der Waals surface area contributed by atoms with E-state index in [4.69, 9.17) is 5.14 Å². The van der Waals surface area contributed by atoms with Crippen LogP contribution in [-0.4, -0.2) is 31.2 Å². The van der Waals surface area contributed by atoms with Crippen molar-refractivity contribution in [3.8, 4) is 5.75 Å². The molecule has 98 valence electrons. The van der Waals surface area contributed by atoms with E-state index >= 15 is 0 Å². The van der Waals surface area contributed by atoms with E-state index in [2.05, 4.69) is 0 Å². The van der Waals surface area contributed by atoms with E-state index in [0.717, 1.165) is 0 Å². The van der Waals surface area contributed by atoms with Crippen LogP contribution in [0, 0.1) is 6.92 Å². The molecule has 1 fully saturated rings. The van der Waals surface area contributed by atoms with Gasteiger partial charge in [-0.05, 0) is 18.6 Å². The van der Waals surface area contributed by atoms with E-state index in [-0.39, 0.29) is 24.6 Å². The molecule has 1 aromatic rings. The minimum absolute atomic E-state index is 0.0130. The highest BCUT2D eigenvalue weighted by molar-refractivity contribution is 7.89. The van der Waals surface area contributed by atoms with Crippen LogP contribution in [0.5, 0.6) is 5.75 Å². The Labute approximate surface area is 105 Å². The largest absolute Gasteiger partial charge is 0.505 e. The lowest BCUT2D eigenvalue weighted by Crippen LogP contribution is -2.32. The lowest BCUT2D eigenvalue weighted by atomic mass is 10.2. The second-order valence-electron chi connectivity index (χ2n) is 4.36. The number of para-hydroxylation sites is 1. The van der Waals surface area contributed by atoms with Crippen LogP contribution in [0.2, 0.25) is 0 Å². The van der Waals surface area contributed by atoms with Gasteiger partial charge >= 0.3 is 0 Å². The Balaban J connectivity index is 2.36. The van der Waals surface area contributed by atoms with Crippen molar-refractivity contribution >= 4 is 21.6 Å². The lowest BCUT2D eigenvalue weighted by Gasteiger charge is -2.18. The van der Waals surface area contributed by atoms with Crippen LogP contribution >= 0.6 is 0 Å². The van der Waals surface area contributed by atoms with Gasteiger partial charge in [0.25, 0.3) is 0 Å². The molecular formula is C11H14N2O4S. The molecule has 1 heterocycles. The van der Waals surface area contributed by atoms with Gasteiger partial charge in [-0.2, -0.15) is 0 Å². The highest BCUT2D eigenvalue weighted by atomic mass is 32.2. The Kier molecular flexibility index (Phi) is 3.04. The van der Waals surface area contributed by atoms with E-state index in [0.29, 0.717) is 11.3 Å². The summed E-state index contributed by atoms with van der Waals surface area (Å²) in [6.45, 7) is 1.69. The Morgan fingerprint density at radius 1 is 1.44 bits per heavy atom. The van der Waals surface area contributed by atoms with Gasteiger partial charge in [0, 0.05) is 13.0 Å². The van der Waals surface area contributed by atoms with Crippen LogP contribution in [0.15, 0.2) is 18.2 Å². The fraction of sp³-hybridized carbons (Fsp3) is 0.364. The number of primary sulfonamides is 1. The predicted molar refractivity (Wildman–Crippen MR) is 66.7 cm³/mol. The number of nitrogens with zero attached hydrogens (tertiary/aromatic N) is 1. The maximum absolute atomic E-state index is 11.8. The predicted octanol–water partition coefficient (Wildman–Crippen LogP) is 0.0944. The van der Waals surface area contributed by atoms with Gasteiger partial charge in [-0.3, -0.25) is 4.79 Å². The summed E-state index contributed by atoms with van der Waals surface area (Å²) in [4.78, 5) is 13.1. The summed E-state index contributed by atoms with van der Waals surface area (Å²) in [5.74, 6) is -0.365. The molecule has 7 heteroatoms. The standard InChI is InChI=1S/C11H14N2O4S/c1-7-3-2-4-9(11(7)15)13-6-8(5-10(13)14)18(12,16)17/h2-4,8,15H,5-6H2,1H3,(H2,12,16,17). The fourth-order valence-electron chi connectivity index (χ4n) is 1.99. The zero-order valence-corrected chi connectivity index (χ0v) is 10.6. The molecule has 0 aliphatic carbocycles. The Bertz CT molecular complexity index is 597. The van der Waals surface area contributed by atoms with Crippen molar-refractivity contribution in [2.24, 2.45) is 5.14 Å². The number of hydrogen-bond acceptors (Lipinski definition) is 4. The van der Waals surface area contributed by atoms with E-state index in [9.17, 15) is 18.3 Å². The number of carbonyl (C=O) groups is 1. The molecule has 6 nitrogen and oxygen atoms in total. The molecule has 0 saturated carbocycles. The average molecular weight is 270 g/mol. The zero-order chi connectivity index (χ0) is 13.5. The monoisotopic (exact) mass is 270 g/mol. The molecule has 1 atom stereocenters. The Hall–Kier alpha value is -1.60. The molecule has 0 bridgehead atoms. The summed E-state index contributed by atoms with van der Waals surface area (Å²) in [6.07, 6.45) is -0.147. The molecule has 0 aromatic heterocycles. The molecule has 1 aliphatic heterocycles. The van der Waals surface area contributed by atoms with Gasteiger partial charge < -0.3 is 10.0 Å². The highest BCUT2D eigenvalue weighted by Crippen LogP contribution is 2.33. The SMILES string of the molecule is Cc1cccc(N2CC(S(N)(=O)=O)CC2=O)c1O. The number of aryl methyl sites for hydroxylation is 1. The molecule has 2 rings (SSSR count). The number of benzene rings is 1. The normalized spacial score (nSPS) is 20.4. The van der Waals surface area contributed by atoms with Gasteiger partial charge in [-0.25, -0.2) is 13.6 Å². The number of hydrogen-bond donors (Lipinski definition) is 2. The number of sulfonamides is 1. The summed E-state index contributed by atoms with van der Waals surface area (Å²) < 4.78 is 22.5. The van der Waals surface area contributed by atoms with Crippen LogP contribution in [0.1, 0.15) is 12.0 Å². The van der Waals surface area contributed by atoms with Crippen LogP contribution in [-0.2, 0) is 14.8 Å². The molecule has 18 heavy (non-hydrogen) atoms. The quantitative estimate of drug-likeness (QED) is 0.795. The fourth-order valence-corrected chi connectivity index (χ4v) is 2.72. The number of phenolic OH excluding ortho intramolecular Hbond substituents is 1. The number of anilines is 1. The van der Waals surface area contributed by atoms with Crippen molar-refractivity contribution in [2.75, 3.05) is 11.4 Å². The van der Waals surface area contributed by atoms with Crippen molar-refractivity contribution in [2.45, 2.75) is 18.6 Å². The van der Waals surface area contributed by atoms with Gasteiger partial charge in [0.05, 0.1) is 5.69 Å². The Morgan fingerprint density at radius 2 is 2.11 bits per heavy atom. The average Bonchev–Trinajstić information content (AvgIpc) is 2.64.